The van der Waals surface area contributed by atoms with Crippen LogP contribution < -0.4 is 5.73 Å². The summed E-state index contributed by atoms with van der Waals surface area (Å²) >= 11 is 2.32. The zero-order valence-corrected chi connectivity index (χ0v) is 12.5. The third-order valence-corrected chi connectivity index (χ3v) is 3.82. The fourth-order valence-electron chi connectivity index (χ4n) is 1.93. The first kappa shape index (κ1) is 13.5. The van der Waals surface area contributed by atoms with Gasteiger partial charge in [0.05, 0.1) is 0 Å². The third-order valence-electron chi connectivity index (χ3n) is 2.84. The van der Waals surface area contributed by atoms with E-state index in [1.807, 2.05) is 16.8 Å². The van der Waals surface area contributed by atoms with E-state index in [4.69, 9.17) is 5.73 Å². The Hall–Kier alpha value is -0.950. The molecule has 0 saturated carbocycles. The average Bonchev–Trinajstić information content (AvgIpc) is 2.78. The summed E-state index contributed by atoms with van der Waals surface area (Å²) in [5.74, 6) is 0.962. The minimum Gasteiger partial charge on any atom is -0.324 e. The summed E-state index contributed by atoms with van der Waals surface area (Å²) in [5, 5.41) is 4.22. The van der Waals surface area contributed by atoms with E-state index in [0.717, 1.165) is 25.2 Å². The predicted molar refractivity (Wildman–Crippen MR) is 80.1 cm³/mol. The van der Waals surface area contributed by atoms with E-state index in [-0.39, 0.29) is 6.04 Å². The van der Waals surface area contributed by atoms with Gasteiger partial charge in [-0.1, -0.05) is 25.1 Å². The highest BCUT2D eigenvalue weighted by Crippen LogP contribution is 2.20. The molecule has 0 amide bonds. The Morgan fingerprint density at radius 2 is 2.17 bits per heavy atom. The van der Waals surface area contributed by atoms with Gasteiger partial charge in [0.15, 0.2) is 0 Å². The molecule has 0 fully saturated rings. The number of halogens is 1. The summed E-state index contributed by atoms with van der Waals surface area (Å²) in [6, 6.07) is 8.17. The van der Waals surface area contributed by atoms with Crippen molar-refractivity contribution in [2.75, 3.05) is 0 Å². The molecule has 18 heavy (non-hydrogen) atoms. The highest BCUT2D eigenvalue weighted by atomic mass is 127. The minimum atomic E-state index is -0.0297. The highest BCUT2D eigenvalue weighted by Gasteiger charge is 2.13. The number of hydrogen-bond acceptors (Lipinski definition) is 3. The van der Waals surface area contributed by atoms with E-state index < -0.39 is 0 Å². The van der Waals surface area contributed by atoms with E-state index in [1.54, 1.807) is 6.33 Å². The van der Waals surface area contributed by atoms with Crippen LogP contribution in [0.15, 0.2) is 30.6 Å². The van der Waals surface area contributed by atoms with Gasteiger partial charge in [-0.3, -0.25) is 4.68 Å². The molecule has 5 heteroatoms. The maximum Gasteiger partial charge on any atom is 0.138 e. The molecule has 2 rings (SSSR count). The fourth-order valence-corrected chi connectivity index (χ4v) is 2.71. The Balaban J connectivity index is 2.14. The molecule has 2 N–H and O–H groups in total. The van der Waals surface area contributed by atoms with Crippen molar-refractivity contribution < 1.29 is 0 Å². The molecular weight excluding hydrogens is 339 g/mol. The lowest BCUT2D eigenvalue weighted by molar-refractivity contribution is 0.547. The molecule has 0 bridgehead atoms. The maximum absolute atomic E-state index is 6.27. The van der Waals surface area contributed by atoms with Crippen LogP contribution in [0.4, 0.5) is 0 Å². The lowest BCUT2D eigenvalue weighted by atomic mass is 10.0. The SMILES string of the molecule is CCCn1ncnc1CC(N)c1ccccc1I. The van der Waals surface area contributed by atoms with Crippen LogP contribution in [0.5, 0.6) is 0 Å². The zero-order chi connectivity index (χ0) is 13.0. The molecular formula is C13H17IN4. The van der Waals surface area contributed by atoms with Gasteiger partial charge in [0.25, 0.3) is 0 Å². The van der Waals surface area contributed by atoms with Gasteiger partial charge < -0.3 is 5.73 Å². The topological polar surface area (TPSA) is 56.7 Å². The highest BCUT2D eigenvalue weighted by molar-refractivity contribution is 14.1. The van der Waals surface area contributed by atoms with Crippen molar-refractivity contribution in [2.24, 2.45) is 5.73 Å². The first-order chi connectivity index (χ1) is 8.72. The first-order valence-corrected chi connectivity index (χ1v) is 7.17. The molecule has 0 radical (unpaired) electrons. The lowest BCUT2D eigenvalue weighted by Crippen LogP contribution is -2.18. The Morgan fingerprint density at radius 3 is 2.89 bits per heavy atom. The lowest BCUT2D eigenvalue weighted by Gasteiger charge is -2.14. The second kappa shape index (κ2) is 6.29. The van der Waals surface area contributed by atoms with Crippen LogP contribution in [0.25, 0.3) is 0 Å². The molecule has 2 aromatic rings. The molecule has 1 aromatic heterocycles. The fraction of sp³-hybridized carbons (Fsp3) is 0.385. The number of hydrogen-bond donors (Lipinski definition) is 1. The van der Waals surface area contributed by atoms with Gasteiger partial charge in [-0.25, -0.2) is 4.98 Å². The van der Waals surface area contributed by atoms with Gasteiger partial charge >= 0.3 is 0 Å². The molecule has 1 heterocycles. The van der Waals surface area contributed by atoms with E-state index in [9.17, 15) is 0 Å². The number of aromatic nitrogens is 3. The maximum atomic E-state index is 6.27. The number of rotatable bonds is 5. The van der Waals surface area contributed by atoms with Crippen LogP contribution >= 0.6 is 22.6 Å². The van der Waals surface area contributed by atoms with Gasteiger partial charge in [-0.2, -0.15) is 5.10 Å². The summed E-state index contributed by atoms with van der Waals surface area (Å²) in [5.41, 5.74) is 7.44. The molecule has 0 spiro atoms. The smallest absolute Gasteiger partial charge is 0.138 e. The second-order valence-electron chi connectivity index (χ2n) is 4.23. The monoisotopic (exact) mass is 356 g/mol. The molecule has 0 aliphatic carbocycles. The van der Waals surface area contributed by atoms with Gasteiger partial charge in [-0.15, -0.1) is 0 Å². The number of nitrogens with zero attached hydrogens (tertiary/aromatic N) is 3. The molecule has 1 aromatic carbocycles. The van der Waals surface area contributed by atoms with Crippen molar-refractivity contribution in [3.05, 3.63) is 45.6 Å². The molecule has 96 valence electrons. The van der Waals surface area contributed by atoms with E-state index in [0.29, 0.717) is 0 Å². The summed E-state index contributed by atoms with van der Waals surface area (Å²) in [6.07, 6.45) is 3.38. The predicted octanol–water partition coefficient (Wildman–Crippen LogP) is 2.54. The third kappa shape index (κ3) is 3.08. The van der Waals surface area contributed by atoms with Crippen LogP contribution in [-0.4, -0.2) is 14.8 Å². The number of nitrogens with two attached hydrogens (primary N) is 1. The van der Waals surface area contributed by atoms with E-state index in [2.05, 4.69) is 51.7 Å². The molecule has 4 nitrogen and oxygen atoms in total. The molecule has 0 aliphatic heterocycles. The largest absolute Gasteiger partial charge is 0.324 e. The van der Waals surface area contributed by atoms with Crippen molar-refractivity contribution >= 4 is 22.6 Å². The van der Waals surface area contributed by atoms with Crippen LogP contribution in [0.2, 0.25) is 0 Å². The Kier molecular flexibility index (Phi) is 4.71. The van der Waals surface area contributed by atoms with Crippen molar-refractivity contribution in [3.8, 4) is 0 Å². The van der Waals surface area contributed by atoms with Crippen molar-refractivity contribution in [1.82, 2.24) is 14.8 Å². The summed E-state index contributed by atoms with van der Waals surface area (Å²) in [6.45, 7) is 3.03. The van der Waals surface area contributed by atoms with Crippen molar-refractivity contribution in [3.63, 3.8) is 0 Å². The Labute approximate surface area is 121 Å². The van der Waals surface area contributed by atoms with Gasteiger partial charge in [0, 0.05) is 22.6 Å². The Morgan fingerprint density at radius 1 is 1.39 bits per heavy atom. The van der Waals surface area contributed by atoms with Crippen molar-refractivity contribution in [1.29, 1.82) is 0 Å². The van der Waals surface area contributed by atoms with Crippen molar-refractivity contribution in [2.45, 2.75) is 32.4 Å². The first-order valence-electron chi connectivity index (χ1n) is 6.09. The van der Waals surface area contributed by atoms with Crippen LogP contribution in [0, 0.1) is 3.57 Å². The summed E-state index contributed by atoms with van der Waals surface area (Å²) < 4.78 is 3.14. The molecule has 1 atom stereocenters. The molecule has 0 aliphatic rings. The normalized spacial score (nSPS) is 12.6. The summed E-state index contributed by atoms with van der Waals surface area (Å²) in [4.78, 5) is 4.30. The number of aryl methyl sites for hydroxylation is 1. The number of benzene rings is 1. The van der Waals surface area contributed by atoms with E-state index >= 15 is 0 Å². The van der Waals surface area contributed by atoms with Crippen LogP contribution in [-0.2, 0) is 13.0 Å². The van der Waals surface area contributed by atoms with Crippen LogP contribution in [0.1, 0.15) is 30.8 Å². The zero-order valence-electron chi connectivity index (χ0n) is 10.4. The molecule has 1 unspecified atom stereocenters. The van der Waals surface area contributed by atoms with Gasteiger partial charge in [0.2, 0.25) is 0 Å². The van der Waals surface area contributed by atoms with Gasteiger partial charge in [-0.05, 0) is 40.6 Å². The second-order valence-corrected chi connectivity index (χ2v) is 5.39. The average molecular weight is 356 g/mol. The van der Waals surface area contributed by atoms with Crippen LogP contribution in [0.3, 0.4) is 0 Å². The Bertz CT molecular complexity index is 509. The molecule has 0 saturated heterocycles. The quantitative estimate of drug-likeness (QED) is 0.838. The summed E-state index contributed by atoms with van der Waals surface area (Å²) in [7, 11) is 0. The van der Waals surface area contributed by atoms with Gasteiger partial charge in [0.1, 0.15) is 12.2 Å². The standard InChI is InChI=1S/C13H17IN4/c1-2-7-18-13(16-9-17-18)8-12(15)10-5-3-4-6-11(10)14/h3-6,9,12H,2,7-8,15H2,1H3. The minimum absolute atomic E-state index is 0.0297. The van der Waals surface area contributed by atoms with E-state index in [1.165, 1.54) is 9.13 Å².